The zero-order valence-electron chi connectivity index (χ0n) is 11.5. The third-order valence-corrected chi connectivity index (χ3v) is 3.79. The molecule has 0 unspecified atom stereocenters. The predicted octanol–water partition coefficient (Wildman–Crippen LogP) is 2.86. The number of hydrogen-bond donors (Lipinski definition) is 1. The minimum atomic E-state index is -0.954. The number of rotatable bonds is 5. The van der Waals surface area contributed by atoms with Crippen LogP contribution in [-0.2, 0) is 14.3 Å². The second kappa shape index (κ2) is 6.76. The van der Waals surface area contributed by atoms with E-state index >= 15 is 0 Å². The Morgan fingerprint density at radius 1 is 1.28 bits per heavy atom. The molecule has 0 aromatic rings. The molecular weight excluding hydrogens is 232 g/mol. The van der Waals surface area contributed by atoms with Crippen molar-refractivity contribution in [3.63, 3.8) is 0 Å². The summed E-state index contributed by atoms with van der Waals surface area (Å²) < 4.78 is 5.48. The molecule has 0 bridgehead atoms. The van der Waals surface area contributed by atoms with Crippen LogP contribution >= 0.6 is 0 Å². The van der Waals surface area contributed by atoms with Gasteiger partial charge in [0.25, 0.3) is 0 Å². The molecule has 3 atom stereocenters. The number of aliphatic carboxylic acids is 1. The molecule has 1 aliphatic carbocycles. The molecule has 4 nitrogen and oxygen atoms in total. The first kappa shape index (κ1) is 15.0. The smallest absolute Gasteiger partial charge is 0.306 e. The van der Waals surface area contributed by atoms with Crippen LogP contribution in [0.5, 0.6) is 0 Å². The molecule has 1 fully saturated rings. The summed E-state index contributed by atoms with van der Waals surface area (Å²) in [6, 6.07) is 0. The van der Waals surface area contributed by atoms with E-state index in [-0.39, 0.29) is 24.9 Å². The highest BCUT2D eigenvalue weighted by Crippen LogP contribution is 2.35. The molecule has 104 valence electrons. The Bertz CT molecular complexity index is 298. The Hall–Kier alpha value is -1.06. The molecule has 0 heterocycles. The third kappa shape index (κ3) is 4.67. The molecule has 0 aromatic heterocycles. The largest absolute Gasteiger partial charge is 0.481 e. The van der Waals surface area contributed by atoms with Crippen LogP contribution in [0.3, 0.4) is 0 Å². The Morgan fingerprint density at radius 2 is 1.94 bits per heavy atom. The van der Waals surface area contributed by atoms with Gasteiger partial charge in [0.2, 0.25) is 0 Å². The summed E-state index contributed by atoms with van der Waals surface area (Å²) >= 11 is 0. The lowest BCUT2D eigenvalue weighted by Gasteiger charge is -2.36. The zero-order valence-corrected chi connectivity index (χ0v) is 11.5. The van der Waals surface area contributed by atoms with Crippen LogP contribution in [0.25, 0.3) is 0 Å². The first-order valence-corrected chi connectivity index (χ1v) is 6.81. The van der Waals surface area contributed by atoms with E-state index in [0.29, 0.717) is 17.8 Å². The Morgan fingerprint density at radius 3 is 2.50 bits per heavy atom. The van der Waals surface area contributed by atoms with Crippen LogP contribution in [0.1, 0.15) is 52.9 Å². The first-order chi connectivity index (χ1) is 8.40. The molecule has 4 heteroatoms. The first-order valence-electron chi connectivity index (χ1n) is 6.81. The zero-order chi connectivity index (χ0) is 13.7. The Kier molecular flexibility index (Phi) is 5.63. The summed E-state index contributed by atoms with van der Waals surface area (Å²) in [4.78, 5) is 22.0. The van der Waals surface area contributed by atoms with Gasteiger partial charge in [-0.3, -0.25) is 9.59 Å². The average Bonchev–Trinajstić information content (AvgIpc) is 2.26. The summed E-state index contributed by atoms with van der Waals surface area (Å²) in [6.07, 6.45) is 2.98. The van der Waals surface area contributed by atoms with Gasteiger partial charge in [0, 0.05) is 0 Å². The maximum absolute atomic E-state index is 11.6. The van der Waals surface area contributed by atoms with Gasteiger partial charge >= 0.3 is 11.9 Å². The number of hydrogen-bond acceptors (Lipinski definition) is 3. The number of carboxylic acids is 1. The highest BCUT2D eigenvalue weighted by Gasteiger charge is 2.33. The fourth-order valence-electron chi connectivity index (χ4n) is 2.69. The van der Waals surface area contributed by atoms with Gasteiger partial charge in [-0.1, -0.05) is 27.2 Å². The standard InChI is InChI=1S/C14H24O4/c1-9(2)11-5-4-10(3)8-12(11)18-14(17)7-6-13(15)16/h9-12H,4-8H2,1-3H3,(H,15,16)/t10-,11+,12-/m1/s1. The lowest BCUT2D eigenvalue weighted by atomic mass is 9.75. The number of carbonyl (C=O) groups is 2. The summed E-state index contributed by atoms with van der Waals surface area (Å²) in [5.41, 5.74) is 0. The van der Waals surface area contributed by atoms with Gasteiger partial charge < -0.3 is 9.84 Å². The van der Waals surface area contributed by atoms with E-state index in [1.54, 1.807) is 0 Å². The van der Waals surface area contributed by atoms with E-state index in [0.717, 1.165) is 12.8 Å². The number of carboxylic acid groups (broad SMARTS) is 1. The van der Waals surface area contributed by atoms with E-state index in [1.807, 2.05) is 0 Å². The molecule has 1 saturated carbocycles. The normalized spacial score (nSPS) is 28.1. The molecule has 0 aliphatic heterocycles. The second-order valence-corrected chi connectivity index (χ2v) is 5.75. The molecule has 1 N–H and O–H groups in total. The van der Waals surface area contributed by atoms with Crippen molar-refractivity contribution < 1.29 is 19.4 Å². The van der Waals surface area contributed by atoms with Crippen LogP contribution in [0.2, 0.25) is 0 Å². The van der Waals surface area contributed by atoms with Crippen LogP contribution in [0, 0.1) is 17.8 Å². The van der Waals surface area contributed by atoms with Gasteiger partial charge in [-0.25, -0.2) is 0 Å². The van der Waals surface area contributed by atoms with E-state index < -0.39 is 5.97 Å². The van der Waals surface area contributed by atoms with Crippen LogP contribution in [0.4, 0.5) is 0 Å². The van der Waals surface area contributed by atoms with Crippen LogP contribution < -0.4 is 0 Å². The van der Waals surface area contributed by atoms with Crippen molar-refractivity contribution in [2.24, 2.45) is 17.8 Å². The minimum absolute atomic E-state index is 0.0228. The summed E-state index contributed by atoms with van der Waals surface area (Å²) in [6.45, 7) is 6.48. The van der Waals surface area contributed by atoms with Crippen molar-refractivity contribution in [3.8, 4) is 0 Å². The molecule has 1 aliphatic rings. The third-order valence-electron chi connectivity index (χ3n) is 3.79. The highest BCUT2D eigenvalue weighted by molar-refractivity contribution is 5.76. The predicted molar refractivity (Wildman–Crippen MR) is 68.1 cm³/mol. The molecule has 0 saturated heterocycles. The van der Waals surface area contributed by atoms with Crippen LogP contribution in [-0.4, -0.2) is 23.1 Å². The molecule has 0 radical (unpaired) electrons. The second-order valence-electron chi connectivity index (χ2n) is 5.75. The summed E-state index contributed by atoms with van der Waals surface area (Å²) in [5, 5.41) is 8.54. The fraction of sp³-hybridized carbons (Fsp3) is 0.857. The van der Waals surface area contributed by atoms with E-state index in [2.05, 4.69) is 20.8 Å². The van der Waals surface area contributed by atoms with Gasteiger partial charge in [0.05, 0.1) is 12.8 Å². The van der Waals surface area contributed by atoms with Gasteiger partial charge in [-0.2, -0.15) is 0 Å². The van der Waals surface area contributed by atoms with Crippen molar-refractivity contribution >= 4 is 11.9 Å². The maximum Gasteiger partial charge on any atom is 0.306 e. The van der Waals surface area contributed by atoms with Crippen molar-refractivity contribution in [3.05, 3.63) is 0 Å². The van der Waals surface area contributed by atoms with Crippen molar-refractivity contribution in [1.29, 1.82) is 0 Å². The monoisotopic (exact) mass is 256 g/mol. The molecule has 0 aromatic carbocycles. The van der Waals surface area contributed by atoms with E-state index in [9.17, 15) is 9.59 Å². The SMILES string of the molecule is CC(C)[C@@H]1CC[C@@H](C)C[C@H]1OC(=O)CCC(=O)O. The Labute approximate surface area is 109 Å². The molecule has 18 heavy (non-hydrogen) atoms. The summed E-state index contributed by atoms with van der Waals surface area (Å²) in [7, 11) is 0. The number of ether oxygens (including phenoxy) is 1. The van der Waals surface area contributed by atoms with E-state index in [4.69, 9.17) is 9.84 Å². The van der Waals surface area contributed by atoms with Crippen molar-refractivity contribution in [2.75, 3.05) is 0 Å². The highest BCUT2D eigenvalue weighted by atomic mass is 16.5. The van der Waals surface area contributed by atoms with Gasteiger partial charge in [0.1, 0.15) is 6.10 Å². The topological polar surface area (TPSA) is 63.6 Å². The van der Waals surface area contributed by atoms with Crippen molar-refractivity contribution in [2.45, 2.75) is 59.0 Å². The molecule has 0 amide bonds. The lowest BCUT2D eigenvalue weighted by molar-refractivity contribution is -0.158. The quantitative estimate of drug-likeness (QED) is 0.768. The lowest BCUT2D eigenvalue weighted by Crippen LogP contribution is -2.35. The van der Waals surface area contributed by atoms with E-state index in [1.165, 1.54) is 6.42 Å². The molecule has 0 spiro atoms. The number of esters is 1. The molecule has 1 rings (SSSR count). The van der Waals surface area contributed by atoms with Crippen LogP contribution in [0.15, 0.2) is 0 Å². The average molecular weight is 256 g/mol. The van der Waals surface area contributed by atoms with Gasteiger partial charge in [0.15, 0.2) is 0 Å². The maximum atomic E-state index is 11.6. The number of carbonyl (C=O) groups excluding carboxylic acids is 1. The Balaban J connectivity index is 2.49. The van der Waals surface area contributed by atoms with Gasteiger partial charge in [-0.05, 0) is 30.6 Å². The van der Waals surface area contributed by atoms with Gasteiger partial charge in [-0.15, -0.1) is 0 Å². The minimum Gasteiger partial charge on any atom is -0.481 e. The van der Waals surface area contributed by atoms with Crippen molar-refractivity contribution in [1.82, 2.24) is 0 Å². The summed E-state index contributed by atoms with van der Waals surface area (Å²) in [5.74, 6) is 0.161. The molecular formula is C14H24O4. The fourth-order valence-corrected chi connectivity index (χ4v) is 2.69.